The molecule has 0 aromatic heterocycles. The molecule has 8 heteroatoms. The molecule has 0 saturated carbocycles. The Labute approximate surface area is 113 Å². The van der Waals surface area contributed by atoms with Crippen molar-refractivity contribution in [3.63, 3.8) is 0 Å². The topological polar surface area (TPSA) is 55.4 Å². The molecule has 0 rings (SSSR count). The third-order valence-electron chi connectivity index (χ3n) is 1.81. The zero-order valence-corrected chi connectivity index (χ0v) is 14.2. The lowest BCUT2D eigenvalue weighted by Crippen LogP contribution is -2.54. The summed E-state index contributed by atoms with van der Waals surface area (Å²) in [7, 11) is -5.39. The van der Waals surface area contributed by atoms with Crippen LogP contribution in [0.15, 0.2) is 0 Å². The first kappa shape index (κ1) is 18.2. The minimum Gasteiger partial charge on any atom is -0.377 e. The van der Waals surface area contributed by atoms with E-state index in [0.717, 1.165) is 0 Å². The summed E-state index contributed by atoms with van der Waals surface area (Å²) in [5, 5.41) is 0. The second kappa shape index (κ2) is 11.1. The molecule has 0 aliphatic carbocycles. The Hall–Kier alpha value is 0.194. The zero-order chi connectivity index (χ0) is 13.9. The van der Waals surface area contributed by atoms with Gasteiger partial charge in [0.25, 0.3) is 0 Å². The van der Waals surface area contributed by atoms with Gasteiger partial charge in [-0.3, -0.25) is 0 Å². The average molecular weight is 298 g/mol. The second-order valence-electron chi connectivity index (χ2n) is 3.12. The van der Waals surface area contributed by atoms with Crippen LogP contribution < -0.4 is 0 Å². The summed E-state index contributed by atoms with van der Waals surface area (Å²) in [5.74, 6) is 0. The fourth-order valence-electron chi connectivity index (χ4n) is 1.26. The maximum absolute atomic E-state index is 5.81. The molecular formula is C10H26O6Si2. The molecule has 0 atom stereocenters. The predicted molar refractivity (Wildman–Crippen MR) is 72.1 cm³/mol. The monoisotopic (exact) mass is 298 g/mol. The van der Waals surface area contributed by atoms with Gasteiger partial charge in [0.1, 0.15) is 0 Å². The van der Waals surface area contributed by atoms with Crippen molar-refractivity contribution in [3.05, 3.63) is 0 Å². The van der Waals surface area contributed by atoms with Crippen LogP contribution in [0, 0.1) is 0 Å². The molecule has 0 aromatic rings. The van der Waals surface area contributed by atoms with Crippen molar-refractivity contribution < 1.29 is 26.2 Å². The summed E-state index contributed by atoms with van der Waals surface area (Å²) >= 11 is 0. The van der Waals surface area contributed by atoms with Gasteiger partial charge in [-0.15, -0.1) is 0 Å². The summed E-state index contributed by atoms with van der Waals surface area (Å²) < 4.78 is 33.5. The minimum atomic E-state index is -3.12. The van der Waals surface area contributed by atoms with E-state index in [9.17, 15) is 0 Å². The van der Waals surface area contributed by atoms with Crippen LogP contribution in [0.5, 0.6) is 0 Å². The molecule has 0 bridgehead atoms. The molecule has 0 radical (unpaired) electrons. The van der Waals surface area contributed by atoms with Gasteiger partial charge in [0, 0.05) is 33.0 Å². The third-order valence-corrected chi connectivity index (χ3v) is 6.87. The molecule has 0 N–H and O–H groups in total. The number of hydrogen-bond acceptors (Lipinski definition) is 6. The quantitative estimate of drug-likeness (QED) is 0.507. The van der Waals surface area contributed by atoms with Crippen molar-refractivity contribution in [1.29, 1.82) is 0 Å². The molecule has 110 valence electrons. The summed E-state index contributed by atoms with van der Waals surface area (Å²) in [5.41, 5.74) is 0. The average Bonchev–Trinajstić information content (AvgIpc) is 2.30. The van der Waals surface area contributed by atoms with E-state index in [-0.39, 0.29) is 0 Å². The fraction of sp³-hybridized carbons (Fsp3) is 1.00. The maximum Gasteiger partial charge on any atom is 0.672 e. The first-order valence-electron chi connectivity index (χ1n) is 6.50. The summed E-state index contributed by atoms with van der Waals surface area (Å²) in [6, 6.07) is 0. The molecule has 0 spiro atoms. The summed E-state index contributed by atoms with van der Waals surface area (Å²) in [6.45, 7) is 11.9. The SMILES string of the molecule is CCO[SiH](OCC)O[Si](OCC)(OCC)OCC. The van der Waals surface area contributed by atoms with Gasteiger partial charge in [-0.05, 0) is 34.6 Å². The normalized spacial score (nSPS) is 12.3. The second-order valence-corrected chi connectivity index (χ2v) is 7.17. The van der Waals surface area contributed by atoms with E-state index < -0.39 is 18.6 Å². The van der Waals surface area contributed by atoms with Gasteiger partial charge in [-0.2, -0.15) is 0 Å². The highest BCUT2D eigenvalue weighted by Gasteiger charge is 2.48. The van der Waals surface area contributed by atoms with Crippen molar-refractivity contribution in [1.82, 2.24) is 0 Å². The van der Waals surface area contributed by atoms with E-state index in [4.69, 9.17) is 26.2 Å². The van der Waals surface area contributed by atoms with Crippen molar-refractivity contribution in [2.45, 2.75) is 34.6 Å². The lowest BCUT2D eigenvalue weighted by molar-refractivity contribution is -0.0124. The van der Waals surface area contributed by atoms with E-state index in [0.29, 0.717) is 33.0 Å². The van der Waals surface area contributed by atoms with Gasteiger partial charge in [0.15, 0.2) is 0 Å². The Bertz CT molecular complexity index is 172. The molecule has 0 aliphatic rings. The zero-order valence-electron chi connectivity index (χ0n) is 12.1. The molecule has 0 saturated heterocycles. The lowest BCUT2D eigenvalue weighted by atomic mass is 10.9. The van der Waals surface area contributed by atoms with Crippen LogP contribution in [-0.4, -0.2) is 51.6 Å². The first-order valence-corrected chi connectivity index (χ1v) is 9.55. The van der Waals surface area contributed by atoms with Crippen molar-refractivity contribution in [3.8, 4) is 0 Å². The van der Waals surface area contributed by atoms with E-state index in [2.05, 4.69) is 0 Å². The number of hydrogen-bond donors (Lipinski definition) is 0. The van der Waals surface area contributed by atoms with Crippen molar-refractivity contribution in [2.75, 3.05) is 33.0 Å². The van der Waals surface area contributed by atoms with Gasteiger partial charge >= 0.3 is 18.6 Å². The summed E-state index contributed by atoms with van der Waals surface area (Å²) in [6.07, 6.45) is 0. The van der Waals surface area contributed by atoms with Crippen molar-refractivity contribution >= 4 is 18.6 Å². The Morgan fingerprint density at radius 3 is 1.33 bits per heavy atom. The van der Waals surface area contributed by atoms with Gasteiger partial charge < -0.3 is 26.2 Å². The van der Waals surface area contributed by atoms with Gasteiger partial charge in [0.2, 0.25) is 0 Å². The molecule has 0 fully saturated rings. The first-order chi connectivity index (χ1) is 8.67. The highest BCUT2D eigenvalue weighted by atomic mass is 28.5. The predicted octanol–water partition coefficient (Wildman–Crippen LogP) is 1.34. The van der Waals surface area contributed by atoms with Crippen LogP contribution in [0.4, 0.5) is 0 Å². The molecule has 0 amide bonds. The molecule has 6 nitrogen and oxygen atoms in total. The largest absolute Gasteiger partial charge is 0.672 e. The molecule has 0 aromatic carbocycles. The standard InChI is InChI=1S/C10H26O6Si2/c1-6-11-17(12-7-2)16-18(13-8-3,14-9-4)15-10-5/h17H,6-10H2,1-5H3. The van der Waals surface area contributed by atoms with Gasteiger partial charge in [-0.1, -0.05) is 0 Å². The molecular weight excluding hydrogens is 272 g/mol. The molecule has 18 heavy (non-hydrogen) atoms. The molecule has 0 heterocycles. The fourth-order valence-corrected chi connectivity index (χ4v) is 5.52. The highest BCUT2D eigenvalue weighted by molar-refractivity contribution is 6.62. The van der Waals surface area contributed by atoms with Crippen LogP contribution >= 0.6 is 0 Å². The van der Waals surface area contributed by atoms with E-state index in [1.807, 2.05) is 34.6 Å². The maximum atomic E-state index is 5.81. The Kier molecular flexibility index (Phi) is 11.2. The van der Waals surface area contributed by atoms with Crippen LogP contribution in [0.25, 0.3) is 0 Å². The molecule has 0 aliphatic heterocycles. The summed E-state index contributed by atoms with van der Waals surface area (Å²) in [4.78, 5) is 0. The van der Waals surface area contributed by atoms with Gasteiger partial charge in [0.05, 0.1) is 0 Å². The third kappa shape index (κ3) is 6.95. The van der Waals surface area contributed by atoms with Gasteiger partial charge in [-0.25, -0.2) is 0 Å². The van der Waals surface area contributed by atoms with Crippen LogP contribution in [0.2, 0.25) is 0 Å². The van der Waals surface area contributed by atoms with E-state index in [1.54, 1.807) is 0 Å². The van der Waals surface area contributed by atoms with Crippen molar-refractivity contribution in [2.24, 2.45) is 0 Å². The van der Waals surface area contributed by atoms with E-state index in [1.165, 1.54) is 0 Å². The highest BCUT2D eigenvalue weighted by Crippen LogP contribution is 2.14. The van der Waals surface area contributed by atoms with Crippen LogP contribution in [0.3, 0.4) is 0 Å². The smallest absolute Gasteiger partial charge is 0.377 e. The molecule has 0 unspecified atom stereocenters. The Balaban J connectivity index is 4.66. The number of rotatable bonds is 12. The minimum absolute atomic E-state index is 0.464. The Morgan fingerprint density at radius 2 is 1.06 bits per heavy atom. The van der Waals surface area contributed by atoms with Crippen LogP contribution in [0.1, 0.15) is 34.6 Å². The Morgan fingerprint density at radius 1 is 0.667 bits per heavy atom. The van der Waals surface area contributed by atoms with Crippen LogP contribution in [-0.2, 0) is 26.2 Å². The lowest BCUT2D eigenvalue weighted by Gasteiger charge is -2.29. The van der Waals surface area contributed by atoms with E-state index >= 15 is 0 Å².